The standard InChI is InChI=1S/C13H18ClN3O/c1-17(2)11-9(14)4-3-5-10(11)16-12(18)13(8-15)6-7-13/h3-5H,6-8,15H2,1-2H3,(H,16,18). The lowest BCUT2D eigenvalue weighted by Crippen LogP contribution is -2.31. The van der Waals surface area contributed by atoms with Gasteiger partial charge < -0.3 is 16.0 Å². The molecule has 1 saturated carbocycles. The molecule has 1 aliphatic rings. The van der Waals surface area contributed by atoms with E-state index >= 15 is 0 Å². The summed E-state index contributed by atoms with van der Waals surface area (Å²) in [6.45, 7) is 0.400. The summed E-state index contributed by atoms with van der Waals surface area (Å²) in [6, 6.07) is 5.49. The van der Waals surface area contributed by atoms with Gasteiger partial charge >= 0.3 is 0 Å². The first-order valence-electron chi connectivity index (χ1n) is 5.97. The van der Waals surface area contributed by atoms with Crippen LogP contribution in [0.3, 0.4) is 0 Å². The van der Waals surface area contributed by atoms with Crippen LogP contribution in [-0.2, 0) is 4.79 Å². The van der Waals surface area contributed by atoms with Gasteiger partial charge in [-0.05, 0) is 25.0 Å². The van der Waals surface area contributed by atoms with Gasteiger partial charge in [-0.3, -0.25) is 4.79 Å². The molecule has 0 saturated heterocycles. The predicted molar refractivity (Wildman–Crippen MR) is 75.1 cm³/mol. The number of hydrogen-bond acceptors (Lipinski definition) is 3. The van der Waals surface area contributed by atoms with Crippen LogP contribution in [0.2, 0.25) is 5.02 Å². The van der Waals surface area contributed by atoms with Crippen LogP contribution >= 0.6 is 11.6 Å². The number of nitrogens with one attached hydrogen (secondary N) is 1. The number of nitrogens with two attached hydrogens (primary N) is 1. The van der Waals surface area contributed by atoms with E-state index in [4.69, 9.17) is 17.3 Å². The average molecular weight is 268 g/mol. The Hall–Kier alpha value is -1.26. The lowest BCUT2D eigenvalue weighted by atomic mass is 10.1. The van der Waals surface area contributed by atoms with Gasteiger partial charge in [-0.2, -0.15) is 0 Å². The van der Waals surface area contributed by atoms with Crippen LogP contribution in [0.15, 0.2) is 18.2 Å². The monoisotopic (exact) mass is 267 g/mol. The van der Waals surface area contributed by atoms with E-state index in [1.54, 1.807) is 0 Å². The molecule has 0 bridgehead atoms. The van der Waals surface area contributed by atoms with Gasteiger partial charge in [0.05, 0.1) is 21.8 Å². The minimum absolute atomic E-state index is 0.00429. The van der Waals surface area contributed by atoms with E-state index in [-0.39, 0.29) is 11.3 Å². The number of anilines is 2. The predicted octanol–water partition coefficient (Wildman–Crippen LogP) is 2.08. The maximum Gasteiger partial charge on any atom is 0.231 e. The Kier molecular flexibility index (Phi) is 3.50. The van der Waals surface area contributed by atoms with E-state index in [0.717, 1.165) is 24.2 Å². The highest BCUT2D eigenvalue weighted by molar-refractivity contribution is 6.34. The minimum Gasteiger partial charge on any atom is -0.375 e. The van der Waals surface area contributed by atoms with E-state index in [9.17, 15) is 4.79 Å². The van der Waals surface area contributed by atoms with Crippen molar-refractivity contribution in [1.29, 1.82) is 0 Å². The molecule has 1 aromatic carbocycles. The molecule has 0 unspecified atom stereocenters. The quantitative estimate of drug-likeness (QED) is 0.878. The van der Waals surface area contributed by atoms with Crippen LogP contribution in [0.4, 0.5) is 11.4 Å². The molecule has 1 aromatic rings. The Morgan fingerprint density at radius 2 is 2.17 bits per heavy atom. The van der Waals surface area contributed by atoms with Crippen molar-refractivity contribution in [3.05, 3.63) is 23.2 Å². The van der Waals surface area contributed by atoms with Crippen molar-refractivity contribution < 1.29 is 4.79 Å². The Morgan fingerprint density at radius 1 is 1.50 bits per heavy atom. The zero-order valence-electron chi connectivity index (χ0n) is 10.7. The summed E-state index contributed by atoms with van der Waals surface area (Å²) in [6.07, 6.45) is 1.74. The molecule has 0 radical (unpaired) electrons. The van der Waals surface area contributed by atoms with Gasteiger partial charge in [0.25, 0.3) is 0 Å². The van der Waals surface area contributed by atoms with Crippen LogP contribution in [0.5, 0.6) is 0 Å². The van der Waals surface area contributed by atoms with Crippen LogP contribution in [-0.4, -0.2) is 26.5 Å². The zero-order chi connectivity index (χ0) is 13.3. The summed E-state index contributed by atoms with van der Waals surface area (Å²) in [4.78, 5) is 14.0. The molecule has 1 amide bonds. The topological polar surface area (TPSA) is 58.4 Å². The van der Waals surface area contributed by atoms with Gasteiger partial charge in [-0.25, -0.2) is 0 Å². The van der Waals surface area contributed by atoms with E-state index < -0.39 is 0 Å². The summed E-state index contributed by atoms with van der Waals surface area (Å²) in [7, 11) is 3.79. The van der Waals surface area contributed by atoms with E-state index in [0.29, 0.717) is 11.6 Å². The Balaban J connectivity index is 2.24. The van der Waals surface area contributed by atoms with Crippen LogP contribution in [0, 0.1) is 5.41 Å². The molecule has 4 nitrogen and oxygen atoms in total. The second-order valence-corrected chi connectivity index (χ2v) is 5.38. The van der Waals surface area contributed by atoms with Gasteiger partial charge in [0.2, 0.25) is 5.91 Å². The molecule has 18 heavy (non-hydrogen) atoms. The number of carbonyl (C=O) groups excluding carboxylic acids is 1. The van der Waals surface area contributed by atoms with Crippen molar-refractivity contribution in [3.63, 3.8) is 0 Å². The van der Waals surface area contributed by atoms with Crippen molar-refractivity contribution in [3.8, 4) is 0 Å². The number of para-hydroxylation sites is 1. The second-order valence-electron chi connectivity index (χ2n) is 4.97. The molecule has 0 aliphatic heterocycles. The number of carbonyl (C=O) groups is 1. The van der Waals surface area contributed by atoms with Gasteiger partial charge in [0.15, 0.2) is 0 Å². The van der Waals surface area contributed by atoms with Gasteiger partial charge in [-0.15, -0.1) is 0 Å². The number of nitrogens with zero attached hydrogens (tertiary/aromatic N) is 1. The summed E-state index contributed by atoms with van der Waals surface area (Å²) >= 11 is 6.15. The lowest BCUT2D eigenvalue weighted by Gasteiger charge is -2.21. The largest absolute Gasteiger partial charge is 0.375 e. The van der Waals surface area contributed by atoms with Crippen molar-refractivity contribution in [2.24, 2.45) is 11.1 Å². The highest BCUT2D eigenvalue weighted by Crippen LogP contribution is 2.46. The smallest absolute Gasteiger partial charge is 0.231 e. The van der Waals surface area contributed by atoms with E-state index in [1.165, 1.54) is 0 Å². The average Bonchev–Trinajstić information content (AvgIpc) is 3.09. The van der Waals surface area contributed by atoms with E-state index in [2.05, 4.69) is 5.32 Å². The fraction of sp³-hybridized carbons (Fsp3) is 0.462. The molecule has 5 heteroatoms. The fourth-order valence-electron chi connectivity index (χ4n) is 2.00. The van der Waals surface area contributed by atoms with Crippen LogP contribution in [0.1, 0.15) is 12.8 Å². The van der Waals surface area contributed by atoms with E-state index in [1.807, 2.05) is 37.2 Å². The van der Waals surface area contributed by atoms with Gasteiger partial charge in [0, 0.05) is 20.6 Å². The second kappa shape index (κ2) is 4.78. The molecule has 1 fully saturated rings. The van der Waals surface area contributed by atoms with Crippen molar-refractivity contribution in [2.45, 2.75) is 12.8 Å². The maximum absolute atomic E-state index is 12.2. The van der Waals surface area contributed by atoms with Crippen molar-refractivity contribution in [2.75, 3.05) is 30.9 Å². The first kappa shape index (κ1) is 13.2. The summed E-state index contributed by atoms with van der Waals surface area (Å²) in [5.41, 5.74) is 6.85. The highest BCUT2D eigenvalue weighted by Gasteiger charge is 2.48. The third kappa shape index (κ3) is 2.31. The molecule has 0 atom stereocenters. The summed E-state index contributed by atoms with van der Waals surface area (Å²) in [5.74, 6) is -0.00429. The number of hydrogen-bond donors (Lipinski definition) is 2. The number of halogens is 1. The number of rotatable bonds is 4. The van der Waals surface area contributed by atoms with Gasteiger partial charge in [0.1, 0.15) is 0 Å². The fourth-order valence-corrected chi connectivity index (χ4v) is 2.34. The Bertz CT molecular complexity index is 469. The normalized spacial score (nSPS) is 16.2. The Morgan fingerprint density at radius 3 is 2.67 bits per heavy atom. The molecule has 3 N–H and O–H groups in total. The SMILES string of the molecule is CN(C)c1c(Cl)cccc1NC(=O)C1(CN)CC1. The Labute approximate surface area is 112 Å². The van der Waals surface area contributed by atoms with Gasteiger partial charge in [-0.1, -0.05) is 17.7 Å². The first-order chi connectivity index (χ1) is 8.50. The summed E-state index contributed by atoms with van der Waals surface area (Å²) in [5, 5.41) is 3.56. The first-order valence-corrected chi connectivity index (χ1v) is 6.35. The lowest BCUT2D eigenvalue weighted by molar-refractivity contribution is -0.120. The molecule has 0 spiro atoms. The summed E-state index contributed by atoms with van der Waals surface area (Å²) < 4.78 is 0. The third-order valence-electron chi connectivity index (χ3n) is 3.41. The molecule has 0 aromatic heterocycles. The van der Waals surface area contributed by atoms with Crippen LogP contribution in [0.25, 0.3) is 0 Å². The minimum atomic E-state index is -0.355. The van der Waals surface area contributed by atoms with Crippen molar-refractivity contribution >= 4 is 28.9 Å². The highest BCUT2D eigenvalue weighted by atomic mass is 35.5. The molecule has 98 valence electrons. The third-order valence-corrected chi connectivity index (χ3v) is 3.71. The molecular weight excluding hydrogens is 250 g/mol. The zero-order valence-corrected chi connectivity index (χ0v) is 11.4. The van der Waals surface area contributed by atoms with Crippen LogP contribution < -0.4 is 16.0 Å². The molecule has 0 heterocycles. The number of amides is 1. The maximum atomic E-state index is 12.2. The van der Waals surface area contributed by atoms with Crippen molar-refractivity contribution in [1.82, 2.24) is 0 Å². The molecule has 1 aliphatic carbocycles. The molecular formula is C13H18ClN3O. The number of benzene rings is 1. The molecule has 2 rings (SSSR count).